The molecule has 1 amide bonds. The number of pyridine rings is 1. The standard InChI is InChI=1S/C29H36N6OS/c1-14(2)24-25-17(5)27(20-9-19-8-18(20)10-22(19)34-7-6-30-23(36)12-34)37-29(25)33-26(24)21-11-35-28(31-13-32-35)16(4)15(21)3/h11,13-14,18-20,22,33H,6-10,12H2,1-5H3,(H,30,36)/t18-,19?,20?,22?/m0/s1. The number of aryl methyl sites for hydroxylation is 2. The minimum absolute atomic E-state index is 0.194. The number of nitrogens with zero attached hydrogens (tertiary/aromatic N) is 4. The Morgan fingerprint density at radius 1 is 1.08 bits per heavy atom. The lowest BCUT2D eigenvalue weighted by molar-refractivity contribution is -0.125. The summed E-state index contributed by atoms with van der Waals surface area (Å²) in [4.78, 5) is 25.7. The highest BCUT2D eigenvalue weighted by molar-refractivity contribution is 7.19. The number of rotatable bonds is 4. The maximum Gasteiger partial charge on any atom is 0.234 e. The first kappa shape index (κ1) is 23.4. The third-order valence-corrected chi connectivity index (χ3v) is 11.0. The van der Waals surface area contributed by atoms with Crippen LogP contribution in [0.15, 0.2) is 12.5 Å². The van der Waals surface area contributed by atoms with Gasteiger partial charge in [-0.05, 0) is 86.0 Å². The molecule has 3 unspecified atom stereocenters. The fourth-order valence-electron chi connectivity index (χ4n) is 7.80. The Balaban J connectivity index is 1.25. The lowest BCUT2D eigenvalue weighted by atomic mass is 9.82. The van der Waals surface area contributed by atoms with Gasteiger partial charge in [0, 0.05) is 41.2 Å². The third kappa shape index (κ3) is 3.44. The van der Waals surface area contributed by atoms with Gasteiger partial charge in [0.25, 0.3) is 0 Å². The number of carbonyl (C=O) groups is 1. The van der Waals surface area contributed by atoms with E-state index in [4.69, 9.17) is 0 Å². The van der Waals surface area contributed by atoms with Crippen molar-refractivity contribution < 1.29 is 4.79 Å². The summed E-state index contributed by atoms with van der Waals surface area (Å²) in [6.07, 6.45) is 7.60. The molecule has 4 aromatic rings. The third-order valence-electron chi connectivity index (χ3n) is 9.63. The second-order valence-corrected chi connectivity index (χ2v) is 13.0. The molecule has 8 heteroatoms. The van der Waals surface area contributed by atoms with Gasteiger partial charge in [0.05, 0.1) is 12.2 Å². The zero-order valence-electron chi connectivity index (χ0n) is 22.4. The average Bonchev–Trinajstić information content (AvgIpc) is 3.68. The first-order valence-electron chi connectivity index (χ1n) is 13.8. The zero-order valence-corrected chi connectivity index (χ0v) is 23.2. The molecule has 194 valence electrons. The number of nitrogens with one attached hydrogen (secondary N) is 2. The number of carbonyl (C=O) groups excluding carboxylic acids is 1. The summed E-state index contributed by atoms with van der Waals surface area (Å²) in [7, 11) is 0. The van der Waals surface area contributed by atoms with E-state index in [1.54, 1.807) is 11.2 Å². The Kier molecular flexibility index (Phi) is 5.31. The van der Waals surface area contributed by atoms with Crippen molar-refractivity contribution in [2.24, 2.45) is 11.8 Å². The summed E-state index contributed by atoms with van der Waals surface area (Å²) in [5.74, 6) is 2.72. The van der Waals surface area contributed by atoms with E-state index in [1.807, 2.05) is 15.9 Å². The van der Waals surface area contributed by atoms with Crippen LogP contribution in [0.1, 0.15) is 72.1 Å². The number of H-pyrrole nitrogens is 1. The molecule has 4 atom stereocenters. The van der Waals surface area contributed by atoms with E-state index in [1.165, 1.54) is 63.0 Å². The minimum Gasteiger partial charge on any atom is -0.354 e. The van der Waals surface area contributed by atoms with Crippen LogP contribution in [-0.4, -0.2) is 56.1 Å². The van der Waals surface area contributed by atoms with E-state index in [2.05, 4.69) is 66.1 Å². The molecular formula is C29H36N6OS. The summed E-state index contributed by atoms with van der Waals surface area (Å²) < 4.78 is 1.91. The Morgan fingerprint density at radius 3 is 2.65 bits per heavy atom. The van der Waals surface area contributed by atoms with E-state index in [0.29, 0.717) is 24.4 Å². The highest BCUT2D eigenvalue weighted by Gasteiger charge is 2.49. The van der Waals surface area contributed by atoms with Gasteiger partial charge in [-0.3, -0.25) is 9.69 Å². The summed E-state index contributed by atoms with van der Waals surface area (Å²) in [6.45, 7) is 13.7. The lowest BCUT2D eigenvalue weighted by Gasteiger charge is -2.38. The number of aromatic nitrogens is 4. The highest BCUT2D eigenvalue weighted by atomic mass is 32.1. The van der Waals surface area contributed by atoms with Crippen molar-refractivity contribution in [2.45, 2.75) is 71.8 Å². The SMILES string of the molecule is Cc1c(-c2[nH]c3sc(C4CC5C[C@H]4CC5N4CCNC(=O)C4)c(C)c3c2C(C)C)cn2ncnc2c1C. The predicted octanol–water partition coefficient (Wildman–Crippen LogP) is 5.30. The van der Waals surface area contributed by atoms with Gasteiger partial charge in [-0.25, -0.2) is 9.50 Å². The van der Waals surface area contributed by atoms with Crippen LogP contribution in [-0.2, 0) is 4.79 Å². The summed E-state index contributed by atoms with van der Waals surface area (Å²) in [6, 6.07) is 0.591. The minimum atomic E-state index is 0.194. The van der Waals surface area contributed by atoms with E-state index in [9.17, 15) is 4.79 Å². The molecule has 3 fully saturated rings. The molecule has 0 spiro atoms. The van der Waals surface area contributed by atoms with Gasteiger partial charge in [-0.1, -0.05) is 13.8 Å². The van der Waals surface area contributed by atoms with Crippen molar-refractivity contribution in [1.29, 1.82) is 0 Å². The van der Waals surface area contributed by atoms with Crippen LogP contribution in [0.2, 0.25) is 0 Å². The molecule has 37 heavy (non-hydrogen) atoms. The van der Waals surface area contributed by atoms with E-state index < -0.39 is 0 Å². The molecule has 0 aromatic carbocycles. The summed E-state index contributed by atoms with van der Waals surface area (Å²) in [5.41, 5.74) is 8.74. The molecule has 2 bridgehead atoms. The first-order valence-corrected chi connectivity index (χ1v) is 14.6. The fourth-order valence-corrected chi connectivity index (χ4v) is 9.24. The van der Waals surface area contributed by atoms with Gasteiger partial charge in [-0.15, -0.1) is 11.3 Å². The summed E-state index contributed by atoms with van der Waals surface area (Å²) in [5, 5.41) is 8.87. The molecule has 2 saturated carbocycles. The van der Waals surface area contributed by atoms with Crippen LogP contribution in [0, 0.1) is 32.6 Å². The smallest absolute Gasteiger partial charge is 0.234 e. The number of hydrogen-bond acceptors (Lipinski definition) is 5. The topological polar surface area (TPSA) is 78.3 Å². The van der Waals surface area contributed by atoms with Gasteiger partial charge in [0.1, 0.15) is 11.2 Å². The van der Waals surface area contributed by atoms with Gasteiger partial charge >= 0.3 is 0 Å². The quantitative estimate of drug-likeness (QED) is 0.386. The number of aromatic amines is 1. The molecule has 4 aromatic heterocycles. The van der Waals surface area contributed by atoms with Crippen molar-refractivity contribution in [3.05, 3.63) is 39.7 Å². The largest absolute Gasteiger partial charge is 0.354 e. The van der Waals surface area contributed by atoms with Gasteiger partial charge in [0.15, 0.2) is 5.65 Å². The Labute approximate surface area is 221 Å². The van der Waals surface area contributed by atoms with Crippen molar-refractivity contribution >= 4 is 33.1 Å². The van der Waals surface area contributed by atoms with Gasteiger partial charge in [-0.2, -0.15) is 5.10 Å². The van der Waals surface area contributed by atoms with Crippen LogP contribution in [0.3, 0.4) is 0 Å². The van der Waals surface area contributed by atoms with Crippen LogP contribution in [0.25, 0.3) is 27.1 Å². The Hall–Kier alpha value is -2.71. The molecule has 2 aliphatic carbocycles. The van der Waals surface area contributed by atoms with Crippen LogP contribution in [0.5, 0.6) is 0 Å². The van der Waals surface area contributed by atoms with Crippen LogP contribution < -0.4 is 5.32 Å². The molecular weight excluding hydrogens is 480 g/mol. The van der Waals surface area contributed by atoms with E-state index in [0.717, 1.165) is 30.6 Å². The van der Waals surface area contributed by atoms with Crippen molar-refractivity contribution in [3.8, 4) is 11.3 Å². The van der Waals surface area contributed by atoms with E-state index in [-0.39, 0.29) is 5.91 Å². The number of amides is 1. The maximum atomic E-state index is 12.0. The fraction of sp³-hybridized carbons (Fsp3) is 0.552. The maximum absolute atomic E-state index is 12.0. The molecule has 3 aliphatic rings. The van der Waals surface area contributed by atoms with Crippen LogP contribution in [0.4, 0.5) is 0 Å². The number of hydrogen-bond donors (Lipinski definition) is 2. The van der Waals surface area contributed by atoms with Gasteiger partial charge < -0.3 is 10.3 Å². The molecule has 2 N–H and O–H groups in total. The first-order chi connectivity index (χ1) is 17.8. The Morgan fingerprint density at radius 2 is 1.92 bits per heavy atom. The number of piperazine rings is 1. The second-order valence-electron chi connectivity index (χ2n) is 11.9. The second kappa shape index (κ2) is 8.40. The van der Waals surface area contributed by atoms with E-state index >= 15 is 0 Å². The monoisotopic (exact) mass is 516 g/mol. The lowest BCUT2D eigenvalue weighted by Crippen LogP contribution is -2.53. The average molecular weight is 517 g/mol. The Bertz CT molecular complexity index is 1540. The molecule has 7 rings (SSSR count). The van der Waals surface area contributed by atoms with Crippen LogP contribution >= 0.6 is 11.3 Å². The molecule has 0 radical (unpaired) electrons. The number of thiophene rings is 1. The van der Waals surface area contributed by atoms with Crippen molar-refractivity contribution in [2.75, 3.05) is 19.6 Å². The predicted molar refractivity (Wildman–Crippen MR) is 148 cm³/mol. The molecule has 1 saturated heterocycles. The molecule has 5 heterocycles. The molecule has 7 nitrogen and oxygen atoms in total. The van der Waals surface area contributed by atoms with Crippen molar-refractivity contribution in [1.82, 2.24) is 29.8 Å². The summed E-state index contributed by atoms with van der Waals surface area (Å²) >= 11 is 1.99. The van der Waals surface area contributed by atoms with Crippen molar-refractivity contribution in [3.63, 3.8) is 0 Å². The van der Waals surface area contributed by atoms with Gasteiger partial charge in [0.2, 0.25) is 5.91 Å². The number of fused-ring (bicyclic) bond motifs is 4. The zero-order chi connectivity index (χ0) is 25.6. The normalized spacial score (nSPS) is 26.3. The molecule has 1 aliphatic heterocycles. The highest BCUT2D eigenvalue weighted by Crippen LogP contribution is 2.57.